The molecule has 0 aliphatic heterocycles. The lowest BCUT2D eigenvalue weighted by atomic mass is 10.0. The number of hydrogen-bond acceptors (Lipinski definition) is 3. The summed E-state index contributed by atoms with van der Waals surface area (Å²) in [5.74, 6) is 0.558. The number of carbonyl (C=O) groups is 2. The second kappa shape index (κ2) is 11.0. The van der Waals surface area contributed by atoms with Crippen LogP contribution in [0.25, 0.3) is 0 Å². The van der Waals surface area contributed by atoms with Crippen molar-refractivity contribution < 1.29 is 14.3 Å². The Morgan fingerprint density at radius 1 is 1.09 bits per heavy atom. The smallest absolute Gasteiger partial charge is 0.261 e. The Kier molecular flexibility index (Phi) is 8.90. The topological polar surface area (TPSA) is 58.6 Å². The van der Waals surface area contributed by atoms with E-state index >= 15 is 0 Å². The normalized spacial score (nSPS) is 12.4. The largest absolute Gasteiger partial charge is 0.483 e. The monoisotopic (exact) mass is 502 g/mol. The van der Waals surface area contributed by atoms with Gasteiger partial charge in [0, 0.05) is 12.1 Å². The highest BCUT2D eigenvalue weighted by molar-refractivity contribution is 9.10. The number of aryl methyl sites for hydroxylation is 1. The Bertz CT molecular complexity index is 950. The van der Waals surface area contributed by atoms with Crippen LogP contribution >= 0.6 is 15.9 Å². The predicted octanol–water partition coefficient (Wildman–Crippen LogP) is 5.59. The van der Waals surface area contributed by atoms with E-state index in [4.69, 9.17) is 4.74 Å². The summed E-state index contributed by atoms with van der Waals surface area (Å²) in [5, 5.41) is 2.97. The maximum Gasteiger partial charge on any atom is 0.261 e. The van der Waals surface area contributed by atoms with Crippen molar-refractivity contribution in [1.29, 1.82) is 0 Å². The number of nitrogens with one attached hydrogen (secondary N) is 1. The summed E-state index contributed by atoms with van der Waals surface area (Å²) < 4.78 is 6.64. The van der Waals surface area contributed by atoms with Gasteiger partial charge in [0.15, 0.2) is 6.61 Å². The number of ether oxygens (including phenoxy) is 1. The van der Waals surface area contributed by atoms with Gasteiger partial charge in [0.1, 0.15) is 11.8 Å². The van der Waals surface area contributed by atoms with Gasteiger partial charge in [-0.3, -0.25) is 9.59 Å². The van der Waals surface area contributed by atoms with Crippen LogP contribution in [0, 0.1) is 6.92 Å². The lowest BCUT2D eigenvalue weighted by molar-refractivity contribution is -0.142. The summed E-state index contributed by atoms with van der Waals surface area (Å²) in [6.45, 7) is 13.9. The van der Waals surface area contributed by atoms with Crippen LogP contribution in [0.15, 0.2) is 46.9 Å². The third kappa shape index (κ3) is 7.66. The van der Waals surface area contributed by atoms with Gasteiger partial charge in [-0.05, 0) is 79.7 Å². The fraction of sp³-hybridized carbons (Fsp3) is 0.462. The first-order chi connectivity index (χ1) is 14.9. The summed E-state index contributed by atoms with van der Waals surface area (Å²) >= 11 is 3.54. The minimum Gasteiger partial charge on any atom is -0.483 e. The molecule has 2 aromatic rings. The highest BCUT2D eigenvalue weighted by atomic mass is 79.9. The van der Waals surface area contributed by atoms with Crippen molar-refractivity contribution in [1.82, 2.24) is 10.2 Å². The summed E-state index contributed by atoms with van der Waals surface area (Å²) in [7, 11) is 0. The van der Waals surface area contributed by atoms with E-state index in [1.165, 1.54) is 5.56 Å². The van der Waals surface area contributed by atoms with Gasteiger partial charge in [-0.1, -0.05) is 49.7 Å². The highest BCUT2D eigenvalue weighted by Gasteiger charge is 2.28. The molecule has 2 aromatic carbocycles. The molecule has 0 unspecified atom stereocenters. The number of hydrogen-bond donors (Lipinski definition) is 1. The lowest BCUT2D eigenvalue weighted by Crippen LogP contribution is -2.53. The maximum absolute atomic E-state index is 13.2. The highest BCUT2D eigenvalue weighted by Crippen LogP contribution is 2.29. The van der Waals surface area contributed by atoms with Crippen LogP contribution in [0.5, 0.6) is 5.75 Å². The molecule has 0 aliphatic rings. The quantitative estimate of drug-likeness (QED) is 0.511. The van der Waals surface area contributed by atoms with E-state index in [2.05, 4.69) is 35.1 Å². The van der Waals surface area contributed by atoms with Crippen LogP contribution in [0.4, 0.5) is 0 Å². The van der Waals surface area contributed by atoms with Crippen molar-refractivity contribution in [2.24, 2.45) is 0 Å². The minimum absolute atomic E-state index is 0.154. The molecule has 0 radical (unpaired) electrons. The van der Waals surface area contributed by atoms with E-state index in [0.717, 1.165) is 15.6 Å². The Labute approximate surface area is 200 Å². The van der Waals surface area contributed by atoms with Gasteiger partial charge in [0.05, 0.1) is 4.47 Å². The third-order valence-corrected chi connectivity index (χ3v) is 5.69. The van der Waals surface area contributed by atoms with E-state index in [-0.39, 0.29) is 24.0 Å². The van der Waals surface area contributed by atoms with E-state index < -0.39 is 6.04 Å². The average molecular weight is 503 g/mol. The number of benzene rings is 2. The number of nitrogens with zero attached hydrogens (tertiary/aromatic N) is 1. The molecule has 0 aliphatic carbocycles. The van der Waals surface area contributed by atoms with Crippen LogP contribution in [-0.4, -0.2) is 34.9 Å². The van der Waals surface area contributed by atoms with Gasteiger partial charge in [0.2, 0.25) is 5.91 Å². The molecule has 0 spiro atoms. The van der Waals surface area contributed by atoms with Crippen molar-refractivity contribution >= 4 is 27.7 Å². The molecule has 2 amide bonds. The molecule has 6 heteroatoms. The standard InChI is InChI=1S/C26H35BrN2O3/c1-17(2)21-11-12-23(22(27)14-21)32-16-24(30)29(15-20-10-8-9-18(3)13-20)19(4)25(31)28-26(5,6)7/h8-14,17,19H,15-16H2,1-7H3,(H,28,31)/t19-/m0/s1. The van der Waals surface area contributed by atoms with Crippen molar-refractivity contribution in [3.63, 3.8) is 0 Å². The van der Waals surface area contributed by atoms with Crippen molar-refractivity contribution in [2.75, 3.05) is 6.61 Å². The summed E-state index contributed by atoms with van der Waals surface area (Å²) in [6, 6.07) is 13.2. The van der Waals surface area contributed by atoms with Crippen LogP contribution in [0.2, 0.25) is 0 Å². The molecule has 1 atom stereocenters. The number of amides is 2. The first kappa shape index (κ1) is 25.9. The molecular weight excluding hydrogens is 468 g/mol. The summed E-state index contributed by atoms with van der Waals surface area (Å²) in [4.78, 5) is 27.6. The zero-order valence-electron chi connectivity index (χ0n) is 20.2. The fourth-order valence-electron chi connectivity index (χ4n) is 3.28. The van der Waals surface area contributed by atoms with Crippen molar-refractivity contribution in [3.8, 4) is 5.75 Å². The molecule has 2 rings (SSSR count). The molecule has 0 bridgehead atoms. The molecule has 32 heavy (non-hydrogen) atoms. The molecule has 174 valence electrons. The molecule has 0 fully saturated rings. The average Bonchev–Trinajstić information content (AvgIpc) is 2.69. The molecule has 5 nitrogen and oxygen atoms in total. The third-order valence-electron chi connectivity index (χ3n) is 5.07. The first-order valence-corrected chi connectivity index (χ1v) is 11.8. The van der Waals surface area contributed by atoms with E-state index in [1.54, 1.807) is 11.8 Å². The van der Waals surface area contributed by atoms with Crippen LogP contribution in [-0.2, 0) is 16.1 Å². The zero-order valence-corrected chi connectivity index (χ0v) is 21.7. The molecule has 0 heterocycles. The van der Waals surface area contributed by atoms with Crippen LogP contribution < -0.4 is 10.1 Å². The predicted molar refractivity (Wildman–Crippen MR) is 133 cm³/mol. The summed E-state index contributed by atoms with van der Waals surface area (Å²) in [6.07, 6.45) is 0. The molecule has 0 saturated heterocycles. The van der Waals surface area contributed by atoms with E-state index in [9.17, 15) is 9.59 Å². The van der Waals surface area contributed by atoms with E-state index in [0.29, 0.717) is 18.2 Å². The number of carbonyl (C=O) groups excluding carboxylic acids is 2. The van der Waals surface area contributed by atoms with Crippen molar-refractivity contribution in [3.05, 3.63) is 63.6 Å². The summed E-state index contributed by atoms with van der Waals surface area (Å²) in [5.41, 5.74) is 2.87. The number of rotatable bonds is 8. The molecular formula is C26H35BrN2O3. The minimum atomic E-state index is -0.641. The van der Waals surface area contributed by atoms with Gasteiger partial charge < -0.3 is 15.0 Å². The number of halogens is 1. The second-order valence-corrected chi connectivity index (χ2v) is 10.4. The Morgan fingerprint density at radius 2 is 1.78 bits per heavy atom. The first-order valence-electron chi connectivity index (χ1n) is 11.0. The maximum atomic E-state index is 13.2. The fourth-order valence-corrected chi connectivity index (χ4v) is 3.79. The zero-order chi connectivity index (χ0) is 24.1. The van der Waals surface area contributed by atoms with E-state index in [1.807, 2.05) is 70.2 Å². The molecule has 0 aromatic heterocycles. The van der Waals surface area contributed by atoms with Gasteiger partial charge in [0.25, 0.3) is 5.91 Å². The van der Waals surface area contributed by atoms with Crippen molar-refractivity contribution in [2.45, 2.75) is 72.5 Å². The lowest BCUT2D eigenvalue weighted by Gasteiger charge is -2.31. The SMILES string of the molecule is Cc1cccc(CN(C(=O)COc2ccc(C(C)C)cc2Br)[C@@H](C)C(=O)NC(C)(C)C)c1. The van der Waals surface area contributed by atoms with Gasteiger partial charge >= 0.3 is 0 Å². The van der Waals surface area contributed by atoms with Gasteiger partial charge in [-0.2, -0.15) is 0 Å². The van der Waals surface area contributed by atoms with Crippen LogP contribution in [0.3, 0.4) is 0 Å². The Hall–Kier alpha value is -2.34. The molecule has 1 N–H and O–H groups in total. The Morgan fingerprint density at radius 3 is 2.34 bits per heavy atom. The Balaban J connectivity index is 2.20. The van der Waals surface area contributed by atoms with Gasteiger partial charge in [-0.15, -0.1) is 0 Å². The second-order valence-electron chi connectivity index (χ2n) is 9.56. The van der Waals surface area contributed by atoms with Gasteiger partial charge in [-0.25, -0.2) is 0 Å². The molecule has 0 saturated carbocycles. The van der Waals surface area contributed by atoms with Crippen LogP contribution in [0.1, 0.15) is 64.2 Å².